The summed E-state index contributed by atoms with van der Waals surface area (Å²) in [5.41, 5.74) is 3.89. The standard InChI is InChI=1S/C32H28N7O5P.2ClH/c40-45(41,42)43-21-7-19-34-32-35-20-17-28(37-32)27-12-6-18-33-31(27)44-24-15-13-23(14-16-24)36-30-26-11-5-4-10-25(26)29(38-39-30)22-8-2-1-3-9-22;;/h1-6,8-18,20H,7,19,21H2,(H,36,39)(H,34,35,37)(H2,40,41,42);2*1H. The molecule has 0 amide bonds. The van der Waals surface area contributed by atoms with E-state index in [1.807, 2.05) is 84.9 Å². The summed E-state index contributed by atoms with van der Waals surface area (Å²) in [6.07, 6.45) is 3.60. The maximum Gasteiger partial charge on any atom is 0.469 e. The van der Waals surface area contributed by atoms with Gasteiger partial charge in [-0.15, -0.1) is 35.0 Å². The number of phosphoric ester groups is 1. The number of aromatic nitrogens is 5. The van der Waals surface area contributed by atoms with Gasteiger partial charge in [-0.2, -0.15) is 0 Å². The summed E-state index contributed by atoms with van der Waals surface area (Å²) in [6.45, 7) is 0.259. The lowest BCUT2D eigenvalue weighted by atomic mass is 10.0. The Morgan fingerprint density at radius 2 is 1.51 bits per heavy atom. The first-order chi connectivity index (χ1) is 21.9. The zero-order valence-electron chi connectivity index (χ0n) is 24.6. The van der Waals surface area contributed by atoms with Crippen molar-refractivity contribution < 1.29 is 23.6 Å². The molecule has 3 heterocycles. The van der Waals surface area contributed by atoms with Crippen LogP contribution in [0.3, 0.4) is 0 Å². The van der Waals surface area contributed by atoms with Crippen LogP contribution in [0.15, 0.2) is 109 Å². The van der Waals surface area contributed by atoms with Crippen LogP contribution in [0.2, 0.25) is 0 Å². The fourth-order valence-electron chi connectivity index (χ4n) is 4.58. The summed E-state index contributed by atoms with van der Waals surface area (Å²) >= 11 is 0. The molecule has 6 aromatic rings. The number of rotatable bonds is 12. The van der Waals surface area contributed by atoms with Gasteiger partial charge in [-0.1, -0.05) is 54.6 Å². The lowest BCUT2D eigenvalue weighted by Gasteiger charge is -2.13. The van der Waals surface area contributed by atoms with E-state index >= 15 is 0 Å². The van der Waals surface area contributed by atoms with Crippen molar-refractivity contribution in [2.45, 2.75) is 6.42 Å². The minimum Gasteiger partial charge on any atom is -0.438 e. The van der Waals surface area contributed by atoms with Gasteiger partial charge in [0, 0.05) is 41.0 Å². The van der Waals surface area contributed by atoms with Gasteiger partial charge in [0.2, 0.25) is 11.8 Å². The van der Waals surface area contributed by atoms with Gasteiger partial charge >= 0.3 is 7.82 Å². The minimum atomic E-state index is -4.49. The Kier molecular flexibility index (Phi) is 12.2. The van der Waals surface area contributed by atoms with Crippen molar-refractivity contribution in [3.8, 4) is 34.1 Å². The summed E-state index contributed by atoms with van der Waals surface area (Å²) in [6, 6.07) is 30.9. The lowest BCUT2D eigenvalue weighted by Crippen LogP contribution is -2.08. The van der Waals surface area contributed by atoms with Gasteiger partial charge in [-0.05, 0) is 48.9 Å². The van der Waals surface area contributed by atoms with E-state index in [4.69, 9.17) is 14.5 Å². The molecule has 15 heteroatoms. The molecule has 0 bridgehead atoms. The van der Waals surface area contributed by atoms with Crippen molar-refractivity contribution in [3.05, 3.63) is 109 Å². The number of hydrogen-bond acceptors (Lipinski definition) is 10. The van der Waals surface area contributed by atoms with E-state index in [2.05, 4.69) is 40.3 Å². The van der Waals surface area contributed by atoms with Crippen LogP contribution in [-0.2, 0) is 9.09 Å². The largest absolute Gasteiger partial charge is 0.469 e. The van der Waals surface area contributed by atoms with Gasteiger partial charge in [-0.25, -0.2) is 19.5 Å². The number of pyridine rings is 1. The molecule has 0 saturated heterocycles. The number of nitrogens with zero attached hydrogens (tertiary/aromatic N) is 5. The summed E-state index contributed by atoms with van der Waals surface area (Å²) in [5.74, 6) is 1.94. The topological polar surface area (TPSA) is 164 Å². The predicted molar refractivity (Wildman–Crippen MR) is 186 cm³/mol. The first-order valence-corrected chi connectivity index (χ1v) is 15.5. The molecule has 0 atom stereocenters. The Morgan fingerprint density at radius 3 is 2.28 bits per heavy atom. The Hall–Kier alpha value is -4.68. The zero-order valence-corrected chi connectivity index (χ0v) is 27.2. The first-order valence-electron chi connectivity index (χ1n) is 14.0. The summed E-state index contributed by atoms with van der Waals surface area (Å²) in [5, 5.41) is 17.4. The normalized spacial score (nSPS) is 10.9. The van der Waals surface area contributed by atoms with Crippen LogP contribution in [0.5, 0.6) is 11.6 Å². The van der Waals surface area contributed by atoms with Crippen LogP contribution >= 0.6 is 32.6 Å². The van der Waals surface area contributed by atoms with E-state index in [9.17, 15) is 4.57 Å². The second kappa shape index (κ2) is 16.2. The van der Waals surface area contributed by atoms with Gasteiger partial charge < -0.3 is 25.2 Å². The highest BCUT2D eigenvalue weighted by Gasteiger charge is 2.14. The number of benzene rings is 3. The van der Waals surface area contributed by atoms with Crippen LogP contribution in [0.4, 0.5) is 17.5 Å². The number of hydrogen-bond donors (Lipinski definition) is 4. The molecule has 0 aliphatic rings. The number of fused-ring (bicyclic) bond motifs is 1. The smallest absolute Gasteiger partial charge is 0.438 e. The van der Waals surface area contributed by atoms with E-state index in [0.717, 1.165) is 27.7 Å². The molecule has 0 aliphatic heterocycles. The molecule has 4 N–H and O–H groups in total. The molecule has 47 heavy (non-hydrogen) atoms. The summed E-state index contributed by atoms with van der Waals surface area (Å²) in [4.78, 5) is 30.8. The van der Waals surface area contributed by atoms with Gasteiger partial charge in [0.1, 0.15) is 11.4 Å². The van der Waals surface area contributed by atoms with Crippen molar-refractivity contribution in [3.63, 3.8) is 0 Å². The molecule has 0 spiro atoms. The molecule has 3 aromatic heterocycles. The van der Waals surface area contributed by atoms with Crippen LogP contribution < -0.4 is 15.4 Å². The number of anilines is 3. The monoisotopic (exact) mass is 693 g/mol. The first kappa shape index (κ1) is 35.2. The maximum atomic E-state index is 10.8. The van der Waals surface area contributed by atoms with E-state index in [-0.39, 0.29) is 31.4 Å². The second-order valence-electron chi connectivity index (χ2n) is 9.79. The van der Waals surface area contributed by atoms with E-state index in [0.29, 0.717) is 47.6 Å². The van der Waals surface area contributed by atoms with Crippen molar-refractivity contribution >= 4 is 60.9 Å². The van der Waals surface area contributed by atoms with E-state index in [1.54, 1.807) is 24.5 Å². The molecule has 6 rings (SSSR count). The SMILES string of the molecule is Cl.Cl.O=P(O)(O)OCCCNc1nccc(-c2cccnc2Oc2ccc(Nc3nnc(-c4ccccc4)c4ccccc34)cc2)n1. The van der Waals surface area contributed by atoms with Crippen molar-refractivity contribution in [2.75, 3.05) is 23.8 Å². The van der Waals surface area contributed by atoms with Crippen LogP contribution in [0.25, 0.3) is 33.3 Å². The minimum absolute atomic E-state index is 0. The Morgan fingerprint density at radius 1 is 0.766 bits per heavy atom. The fraction of sp³-hybridized carbons (Fsp3) is 0.0938. The molecular weight excluding hydrogens is 664 g/mol. The van der Waals surface area contributed by atoms with Crippen molar-refractivity contribution in [1.82, 2.24) is 25.1 Å². The lowest BCUT2D eigenvalue weighted by molar-refractivity contribution is 0.196. The number of nitrogens with one attached hydrogen (secondary N) is 2. The average Bonchev–Trinajstić information content (AvgIpc) is 3.06. The quantitative estimate of drug-likeness (QED) is 0.0740. The molecule has 3 aromatic carbocycles. The van der Waals surface area contributed by atoms with E-state index < -0.39 is 7.82 Å². The molecule has 0 unspecified atom stereocenters. The fourth-order valence-corrected chi connectivity index (χ4v) is 4.94. The summed E-state index contributed by atoms with van der Waals surface area (Å²) < 4.78 is 21.4. The molecule has 0 fully saturated rings. The average molecular weight is 695 g/mol. The second-order valence-corrected chi connectivity index (χ2v) is 11.0. The Balaban J connectivity index is 0.00000250. The van der Waals surface area contributed by atoms with Crippen LogP contribution in [0.1, 0.15) is 6.42 Å². The highest BCUT2D eigenvalue weighted by Crippen LogP contribution is 2.36. The molecule has 0 saturated carbocycles. The third-order valence-corrected chi connectivity index (χ3v) is 7.15. The highest BCUT2D eigenvalue weighted by molar-refractivity contribution is 7.46. The molecule has 0 aliphatic carbocycles. The van der Waals surface area contributed by atoms with Gasteiger partial charge in [-0.3, -0.25) is 4.52 Å². The van der Waals surface area contributed by atoms with Gasteiger partial charge in [0.25, 0.3) is 0 Å². The number of ether oxygens (including phenoxy) is 1. The third kappa shape index (κ3) is 9.20. The van der Waals surface area contributed by atoms with E-state index in [1.165, 1.54) is 0 Å². The maximum absolute atomic E-state index is 10.8. The molecule has 0 radical (unpaired) electrons. The molecular formula is C32H30Cl2N7O5P. The summed E-state index contributed by atoms with van der Waals surface area (Å²) in [7, 11) is -4.49. The van der Waals surface area contributed by atoms with Gasteiger partial charge in [0.15, 0.2) is 5.82 Å². The Bertz CT molecular complexity index is 1970. The van der Waals surface area contributed by atoms with Crippen molar-refractivity contribution in [1.29, 1.82) is 0 Å². The Labute approximate surface area is 282 Å². The van der Waals surface area contributed by atoms with Gasteiger partial charge in [0.05, 0.1) is 17.9 Å². The van der Waals surface area contributed by atoms with Crippen molar-refractivity contribution in [2.24, 2.45) is 0 Å². The van der Waals surface area contributed by atoms with Crippen LogP contribution in [0, 0.1) is 0 Å². The van der Waals surface area contributed by atoms with Crippen LogP contribution in [-0.4, -0.2) is 48.1 Å². The molecule has 12 nitrogen and oxygen atoms in total. The molecule has 242 valence electrons. The number of halogens is 2. The zero-order chi connectivity index (χ0) is 31.1. The number of phosphoric acid groups is 1. The highest BCUT2D eigenvalue weighted by atomic mass is 35.5. The predicted octanol–water partition coefficient (Wildman–Crippen LogP) is 7.44. The third-order valence-electron chi connectivity index (χ3n) is 6.63.